The maximum absolute atomic E-state index is 13.6. The van der Waals surface area contributed by atoms with E-state index in [-0.39, 0.29) is 12.1 Å². The van der Waals surface area contributed by atoms with Gasteiger partial charge in [0.05, 0.1) is 6.67 Å². The number of alkyl halides is 1. The summed E-state index contributed by atoms with van der Waals surface area (Å²) >= 11 is 0. The molecule has 0 amide bonds. The minimum Gasteiger partial charge on any atom is -0.250 e. The highest BCUT2D eigenvalue weighted by atomic mass is 19.1. The molecule has 1 fully saturated rings. The molecule has 3 atom stereocenters. The Morgan fingerprint density at radius 1 is 1.62 bits per heavy atom. The van der Waals surface area contributed by atoms with Crippen molar-refractivity contribution in [3.8, 4) is 0 Å². The molecule has 0 saturated heterocycles. The number of allylic oxidation sites excluding steroid dienone is 3. The standard InChI is InChI=1S/C15H23F/c1-11(2)13-7-8-14-6-4-5-12(3)15(14,9-13)10-16/h8,12-13H,1,4-7,9-10H2,2-3H3/t12-,13-,15-/m0/s1. The van der Waals surface area contributed by atoms with Gasteiger partial charge in [0, 0.05) is 5.41 Å². The van der Waals surface area contributed by atoms with Crippen LogP contribution in [0, 0.1) is 17.3 Å². The molecule has 1 heteroatoms. The summed E-state index contributed by atoms with van der Waals surface area (Å²) in [6, 6.07) is 0. The Labute approximate surface area is 98.6 Å². The zero-order chi connectivity index (χ0) is 11.8. The first-order valence-corrected chi connectivity index (χ1v) is 6.51. The van der Waals surface area contributed by atoms with Crippen LogP contribution in [0.4, 0.5) is 4.39 Å². The molecule has 1 saturated carbocycles. The highest BCUT2D eigenvalue weighted by Gasteiger charge is 2.45. The molecule has 2 aliphatic rings. The minimum absolute atomic E-state index is 0.139. The average molecular weight is 222 g/mol. The van der Waals surface area contributed by atoms with Gasteiger partial charge in [0.15, 0.2) is 0 Å². The Morgan fingerprint density at radius 2 is 2.38 bits per heavy atom. The summed E-state index contributed by atoms with van der Waals surface area (Å²) in [6.45, 7) is 8.19. The largest absolute Gasteiger partial charge is 0.250 e. The number of rotatable bonds is 2. The maximum Gasteiger partial charge on any atom is 0.0990 e. The van der Waals surface area contributed by atoms with Gasteiger partial charge in [-0.25, -0.2) is 0 Å². The van der Waals surface area contributed by atoms with E-state index in [2.05, 4.69) is 26.5 Å². The van der Waals surface area contributed by atoms with Crippen molar-refractivity contribution in [2.75, 3.05) is 6.67 Å². The third-order valence-electron chi connectivity index (χ3n) is 4.86. The van der Waals surface area contributed by atoms with E-state index < -0.39 is 0 Å². The summed E-state index contributed by atoms with van der Waals surface area (Å²) in [6.07, 6.45) is 7.94. The van der Waals surface area contributed by atoms with Gasteiger partial charge in [-0.05, 0) is 50.9 Å². The highest BCUT2D eigenvalue weighted by molar-refractivity contribution is 5.25. The summed E-state index contributed by atoms with van der Waals surface area (Å²) in [5.74, 6) is 1.000. The monoisotopic (exact) mass is 222 g/mol. The molecular weight excluding hydrogens is 199 g/mol. The fourth-order valence-corrected chi connectivity index (χ4v) is 3.53. The van der Waals surface area contributed by atoms with E-state index in [1.807, 2.05) is 0 Å². The van der Waals surface area contributed by atoms with Gasteiger partial charge in [-0.3, -0.25) is 4.39 Å². The van der Waals surface area contributed by atoms with Crippen LogP contribution in [0.25, 0.3) is 0 Å². The van der Waals surface area contributed by atoms with Crippen LogP contribution in [0.1, 0.15) is 46.0 Å². The Balaban J connectivity index is 2.31. The molecule has 0 aliphatic heterocycles. The molecule has 0 N–H and O–H groups in total. The van der Waals surface area contributed by atoms with Crippen LogP contribution in [-0.2, 0) is 0 Å². The van der Waals surface area contributed by atoms with Crippen molar-refractivity contribution in [2.24, 2.45) is 17.3 Å². The smallest absolute Gasteiger partial charge is 0.0990 e. The predicted molar refractivity (Wildman–Crippen MR) is 67.0 cm³/mol. The van der Waals surface area contributed by atoms with E-state index in [0.29, 0.717) is 11.8 Å². The molecule has 2 aliphatic carbocycles. The van der Waals surface area contributed by atoms with E-state index in [1.54, 1.807) is 0 Å². The van der Waals surface area contributed by atoms with E-state index in [4.69, 9.17) is 0 Å². The van der Waals surface area contributed by atoms with Gasteiger partial charge in [-0.2, -0.15) is 0 Å². The molecule has 16 heavy (non-hydrogen) atoms. The van der Waals surface area contributed by atoms with Crippen molar-refractivity contribution in [3.05, 3.63) is 23.8 Å². The van der Waals surface area contributed by atoms with Crippen LogP contribution in [0.5, 0.6) is 0 Å². The third-order valence-corrected chi connectivity index (χ3v) is 4.86. The van der Waals surface area contributed by atoms with Gasteiger partial charge in [-0.15, -0.1) is 0 Å². The first kappa shape index (κ1) is 11.9. The second kappa shape index (κ2) is 4.35. The van der Waals surface area contributed by atoms with E-state index in [9.17, 15) is 4.39 Å². The summed E-state index contributed by atoms with van der Waals surface area (Å²) < 4.78 is 13.6. The first-order chi connectivity index (χ1) is 7.60. The number of hydrogen-bond donors (Lipinski definition) is 0. The molecule has 0 aromatic carbocycles. The minimum atomic E-state index is -0.177. The fourth-order valence-electron chi connectivity index (χ4n) is 3.53. The van der Waals surface area contributed by atoms with Crippen molar-refractivity contribution in [1.29, 1.82) is 0 Å². The molecule has 0 heterocycles. The van der Waals surface area contributed by atoms with Crippen molar-refractivity contribution in [2.45, 2.75) is 46.0 Å². The predicted octanol–water partition coefficient (Wildman–Crippen LogP) is 4.67. The Kier molecular flexibility index (Phi) is 3.23. The lowest BCUT2D eigenvalue weighted by molar-refractivity contribution is 0.0944. The average Bonchev–Trinajstić information content (AvgIpc) is 2.29. The van der Waals surface area contributed by atoms with E-state index in [0.717, 1.165) is 19.3 Å². The molecule has 0 radical (unpaired) electrons. The summed E-state index contributed by atoms with van der Waals surface area (Å²) in [7, 11) is 0. The van der Waals surface area contributed by atoms with E-state index in [1.165, 1.54) is 24.0 Å². The molecule has 90 valence electrons. The van der Waals surface area contributed by atoms with Crippen LogP contribution in [0.3, 0.4) is 0 Å². The Hall–Kier alpha value is -0.590. The van der Waals surface area contributed by atoms with Crippen LogP contribution in [0.15, 0.2) is 23.8 Å². The molecule has 0 nitrogen and oxygen atoms in total. The summed E-state index contributed by atoms with van der Waals surface area (Å²) in [5.41, 5.74) is 2.49. The molecule has 0 spiro atoms. The summed E-state index contributed by atoms with van der Waals surface area (Å²) in [4.78, 5) is 0. The summed E-state index contributed by atoms with van der Waals surface area (Å²) in [5, 5.41) is 0. The van der Waals surface area contributed by atoms with E-state index >= 15 is 0 Å². The second-order valence-electron chi connectivity index (χ2n) is 5.80. The number of hydrogen-bond acceptors (Lipinski definition) is 0. The lowest BCUT2D eigenvalue weighted by Crippen LogP contribution is -2.40. The molecule has 0 aromatic rings. The maximum atomic E-state index is 13.6. The zero-order valence-electron chi connectivity index (χ0n) is 10.6. The van der Waals surface area contributed by atoms with Gasteiger partial charge >= 0.3 is 0 Å². The quantitative estimate of drug-likeness (QED) is 0.595. The number of fused-ring (bicyclic) bond motifs is 1. The van der Waals surface area contributed by atoms with Gasteiger partial charge < -0.3 is 0 Å². The van der Waals surface area contributed by atoms with Crippen LogP contribution in [0.2, 0.25) is 0 Å². The SMILES string of the molecule is C=C(C)[C@H]1CC=C2CCC[C@H](C)[C@@]2(CF)C1. The lowest BCUT2D eigenvalue weighted by atomic mass is 9.57. The van der Waals surface area contributed by atoms with Crippen molar-refractivity contribution in [1.82, 2.24) is 0 Å². The zero-order valence-corrected chi connectivity index (χ0v) is 10.6. The van der Waals surface area contributed by atoms with Crippen LogP contribution >= 0.6 is 0 Å². The third kappa shape index (κ3) is 1.74. The van der Waals surface area contributed by atoms with Gasteiger partial charge in [0.1, 0.15) is 0 Å². The van der Waals surface area contributed by atoms with Crippen LogP contribution < -0.4 is 0 Å². The van der Waals surface area contributed by atoms with Gasteiger partial charge in [-0.1, -0.05) is 30.7 Å². The molecular formula is C15H23F. The Morgan fingerprint density at radius 3 is 3.00 bits per heavy atom. The van der Waals surface area contributed by atoms with Gasteiger partial charge in [0.25, 0.3) is 0 Å². The fraction of sp³-hybridized carbons (Fsp3) is 0.733. The number of halogens is 1. The normalized spacial score (nSPS) is 38.8. The van der Waals surface area contributed by atoms with Crippen molar-refractivity contribution in [3.63, 3.8) is 0 Å². The van der Waals surface area contributed by atoms with Gasteiger partial charge in [0.2, 0.25) is 0 Å². The van der Waals surface area contributed by atoms with Crippen molar-refractivity contribution < 1.29 is 4.39 Å². The molecule has 2 rings (SSSR count). The highest BCUT2D eigenvalue weighted by Crippen LogP contribution is 2.53. The first-order valence-electron chi connectivity index (χ1n) is 6.51. The molecule has 0 aromatic heterocycles. The Bertz CT molecular complexity index is 315. The van der Waals surface area contributed by atoms with Crippen molar-refractivity contribution >= 4 is 0 Å². The topological polar surface area (TPSA) is 0 Å². The lowest BCUT2D eigenvalue weighted by Gasteiger charge is -2.47. The molecule has 0 unspecified atom stereocenters. The van der Waals surface area contributed by atoms with Crippen LogP contribution in [-0.4, -0.2) is 6.67 Å². The second-order valence-corrected chi connectivity index (χ2v) is 5.80. The molecule has 0 bridgehead atoms.